The molecule has 9 heteroatoms. The molecule has 2 aromatic carbocycles. The molecule has 1 amide bonds. The van der Waals surface area contributed by atoms with E-state index in [2.05, 4.69) is 15.4 Å². The van der Waals surface area contributed by atoms with Crippen LogP contribution in [0, 0.1) is 11.2 Å². The fourth-order valence-corrected chi connectivity index (χ4v) is 2.87. The van der Waals surface area contributed by atoms with Gasteiger partial charge in [-0.1, -0.05) is 50.0 Å². The van der Waals surface area contributed by atoms with Gasteiger partial charge in [-0.15, -0.1) is 5.10 Å². The Morgan fingerprint density at radius 2 is 1.86 bits per heavy atom. The van der Waals surface area contributed by atoms with E-state index >= 15 is 0 Å². The van der Waals surface area contributed by atoms with Crippen LogP contribution in [0.1, 0.15) is 26.3 Å². The Hall–Kier alpha value is -2.64. The van der Waals surface area contributed by atoms with E-state index in [1.807, 2.05) is 20.8 Å². The fraction of sp³-hybridized carbons (Fsp3) is 0.250. The average molecular weight is 437 g/mol. The summed E-state index contributed by atoms with van der Waals surface area (Å²) in [6.07, 6.45) is 0. The number of nitrogens with one attached hydrogen (secondary N) is 2. The molecule has 29 heavy (non-hydrogen) atoms. The van der Waals surface area contributed by atoms with Crippen LogP contribution in [0.15, 0.2) is 41.2 Å². The maximum atomic E-state index is 13.7. The second-order valence-corrected chi connectivity index (χ2v) is 8.35. The molecule has 0 radical (unpaired) electrons. The third kappa shape index (κ3) is 4.68. The van der Waals surface area contributed by atoms with E-state index in [9.17, 15) is 14.0 Å². The predicted octanol–water partition coefficient (Wildman–Crippen LogP) is 4.34. The van der Waals surface area contributed by atoms with Crippen molar-refractivity contribution in [3.63, 3.8) is 0 Å². The van der Waals surface area contributed by atoms with E-state index in [-0.39, 0.29) is 22.4 Å². The molecule has 0 saturated carbocycles. The standard InChI is InChI=1S/C20H19Cl2FN4O2/c1-20(2,3)18(28)24-10-11-4-6-14(21)13(8-11)17-25-19(29)27(26-17)12-5-7-15(22)16(23)9-12/h4-9H,10H2,1-3H3,(H,24,28)(H,25,26,29). The van der Waals surface area contributed by atoms with Gasteiger partial charge in [0.2, 0.25) is 5.91 Å². The summed E-state index contributed by atoms with van der Waals surface area (Å²) >= 11 is 12.0. The molecule has 0 aliphatic carbocycles. The summed E-state index contributed by atoms with van der Waals surface area (Å²) in [5.41, 5.74) is 0.440. The molecule has 3 aromatic rings. The van der Waals surface area contributed by atoms with Crippen molar-refractivity contribution in [2.75, 3.05) is 0 Å². The zero-order valence-corrected chi connectivity index (χ0v) is 17.5. The highest BCUT2D eigenvalue weighted by Crippen LogP contribution is 2.26. The summed E-state index contributed by atoms with van der Waals surface area (Å²) in [4.78, 5) is 27.0. The summed E-state index contributed by atoms with van der Waals surface area (Å²) in [6.45, 7) is 5.78. The van der Waals surface area contributed by atoms with Gasteiger partial charge in [-0.3, -0.25) is 9.78 Å². The molecule has 3 rings (SSSR count). The smallest absolute Gasteiger partial charge is 0.348 e. The molecule has 1 aromatic heterocycles. The first-order chi connectivity index (χ1) is 13.6. The first-order valence-electron chi connectivity index (χ1n) is 8.78. The SMILES string of the molecule is CC(C)(C)C(=O)NCc1ccc(Cl)c(-c2nn(-c3ccc(Cl)c(F)c3)c(=O)[nH]2)c1. The maximum absolute atomic E-state index is 13.7. The van der Waals surface area contributed by atoms with E-state index in [0.717, 1.165) is 16.3 Å². The number of carbonyl (C=O) groups is 1. The molecule has 0 fully saturated rings. The highest BCUT2D eigenvalue weighted by atomic mass is 35.5. The minimum atomic E-state index is -0.657. The third-order valence-corrected chi connectivity index (χ3v) is 4.82. The van der Waals surface area contributed by atoms with Gasteiger partial charge < -0.3 is 5.32 Å². The van der Waals surface area contributed by atoms with Crippen molar-refractivity contribution in [2.24, 2.45) is 5.41 Å². The van der Waals surface area contributed by atoms with Crippen LogP contribution >= 0.6 is 23.2 Å². The number of nitrogens with zero attached hydrogens (tertiary/aromatic N) is 2. The Bertz CT molecular complexity index is 1130. The Balaban J connectivity index is 1.92. The molecule has 0 unspecified atom stereocenters. The summed E-state index contributed by atoms with van der Waals surface area (Å²) < 4.78 is 14.8. The number of amides is 1. The highest BCUT2D eigenvalue weighted by molar-refractivity contribution is 6.33. The van der Waals surface area contributed by atoms with Gasteiger partial charge in [0, 0.05) is 23.6 Å². The van der Waals surface area contributed by atoms with E-state index in [4.69, 9.17) is 23.2 Å². The number of benzene rings is 2. The van der Waals surface area contributed by atoms with Crippen LogP contribution in [0.3, 0.4) is 0 Å². The zero-order valence-electron chi connectivity index (χ0n) is 16.0. The molecule has 152 valence electrons. The summed E-state index contributed by atoms with van der Waals surface area (Å²) in [6, 6.07) is 9.12. The molecule has 2 N–H and O–H groups in total. The topological polar surface area (TPSA) is 79.8 Å². The minimum Gasteiger partial charge on any atom is -0.352 e. The summed E-state index contributed by atoms with van der Waals surface area (Å²) in [5.74, 6) is -0.522. The minimum absolute atomic E-state index is 0.0504. The quantitative estimate of drug-likeness (QED) is 0.638. The van der Waals surface area contributed by atoms with E-state index < -0.39 is 16.9 Å². The number of H-pyrrole nitrogens is 1. The third-order valence-electron chi connectivity index (χ3n) is 4.19. The fourth-order valence-electron chi connectivity index (χ4n) is 2.55. The van der Waals surface area contributed by atoms with Crippen molar-refractivity contribution < 1.29 is 9.18 Å². The molecule has 0 aliphatic rings. The molecule has 1 heterocycles. The summed E-state index contributed by atoms with van der Waals surface area (Å²) in [7, 11) is 0. The van der Waals surface area contributed by atoms with Crippen molar-refractivity contribution in [3.8, 4) is 17.1 Å². The van der Waals surface area contributed by atoms with Crippen LogP contribution in [0.25, 0.3) is 17.1 Å². The number of hydrogen-bond donors (Lipinski definition) is 2. The van der Waals surface area contributed by atoms with Gasteiger partial charge in [-0.2, -0.15) is 4.68 Å². The number of aromatic nitrogens is 3. The first-order valence-corrected chi connectivity index (χ1v) is 9.54. The van der Waals surface area contributed by atoms with Crippen LogP contribution in [-0.2, 0) is 11.3 Å². The van der Waals surface area contributed by atoms with Gasteiger partial charge in [0.1, 0.15) is 5.82 Å². The maximum Gasteiger partial charge on any atom is 0.348 e. The van der Waals surface area contributed by atoms with Crippen molar-refractivity contribution in [3.05, 3.63) is 68.3 Å². The lowest BCUT2D eigenvalue weighted by atomic mass is 9.95. The van der Waals surface area contributed by atoms with Crippen LogP contribution in [0.2, 0.25) is 10.0 Å². The monoisotopic (exact) mass is 436 g/mol. The Labute approximate surface area is 176 Å². The van der Waals surface area contributed by atoms with Crippen molar-refractivity contribution in [1.82, 2.24) is 20.1 Å². The van der Waals surface area contributed by atoms with Gasteiger partial charge in [-0.25, -0.2) is 9.18 Å². The Morgan fingerprint density at radius 3 is 2.52 bits per heavy atom. The molecule has 0 atom stereocenters. The number of aromatic amines is 1. The van der Waals surface area contributed by atoms with Gasteiger partial charge in [0.15, 0.2) is 5.82 Å². The number of carbonyl (C=O) groups excluding carboxylic acids is 1. The number of halogens is 3. The molecule has 0 saturated heterocycles. The van der Waals surface area contributed by atoms with Gasteiger partial charge in [0.05, 0.1) is 15.7 Å². The Kier molecular flexibility index (Phi) is 5.82. The van der Waals surface area contributed by atoms with E-state index in [1.54, 1.807) is 18.2 Å². The molecule has 0 bridgehead atoms. The molecular formula is C20H19Cl2FN4O2. The van der Waals surface area contributed by atoms with Crippen LogP contribution < -0.4 is 11.0 Å². The molecule has 0 spiro atoms. The van der Waals surface area contributed by atoms with Crippen LogP contribution in [-0.4, -0.2) is 20.7 Å². The second kappa shape index (κ2) is 8.00. The number of hydrogen-bond acceptors (Lipinski definition) is 3. The molecular weight excluding hydrogens is 418 g/mol. The van der Waals surface area contributed by atoms with Gasteiger partial charge in [-0.05, 0) is 29.8 Å². The molecule has 6 nitrogen and oxygen atoms in total. The molecule has 0 aliphatic heterocycles. The predicted molar refractivity (Wildman–Crippen MR) is 111 cm³/mol. The lowest BCUT2D eigenvalue weighted by Crippen LogP contribution is -2.34. The highest BCUT2D eigenvalue weighted by Gasteiger charge is 2.21. The van der Waals surface area contributed by atoms with Crippen molar-refractivity contribution in [2.45, 2.75) is 27.3 Å². The average Bonchev–Trinajstić information content (AvgIpc) is 3.03. The first kappa shape index (κ1) is 21.1. The van der Waals surface area contributed by atoms with Crippen LogP contribution in [0.4, 0.5) is 4.39 Å². The lowest BCUT2D eigenvalue weighted by molar-refractivity contribution is -0.128. The van der Waals surface area contributed by atoms with Gasteiger partial charge >= 0.3 is 5.69 Å². The lowest BCUT2D eigenvalue weighted by Gasteiger charge is -2.17. The van der Waals surface area contributed by atoms with Gasteiger partial charge in [0.25, 0.3) is 0 Å². The number of rotatable bonds is 4. The van der Waals surface area contributed by atoms with E-state index in [0.29, 0.717) is 17.1 Å². The summed E-state index contributed by atoms with van der Waals surface area (Å²) in [5, 5.41) is 7.41. The largest absolute Gasteiger partial charge is 0.352 e. The van der Waals surface area contributed by atoms with Crippen molar-refractivity contribution >= 4 is 29.1 Å². The van der Waals surface area contributed by atoms with Crippen molar-refractivity contribution in [1.29, 1.82) is 0 Å². The van der Waals surface area contributed by atoms with E-state index in [1.165, 1.54) is 12.1 Å². The second-order valence-electron chi connectivity index (χ2n) is 7.54. The zero-order chi connectivity index (χ0) is 21.3. The normalized spacial score (nSPS) is 11.5. The Morgan fingerprint density at radius 1 is 1.17 bits per heavy atom. The van der Waals surface area contributed by atoms with Crippen LogP contribution in [0.5, 0.6) is 0 Å².